The van der Waals surface area contributed by atoms with Crippen LogP contribution in [0.5, 0.6) is 0 Å². The van der Waals surface area contributed by atoms with Gasteiger partial charge in [-0.3, -0.25) is 9.59 Å². The highest BCUT2D eigenvalue weighted by Gasteiger charge is 2.53. The highest BCUT2D eigenvalue weighted by atomic mass is 35.5. The smallest absolute Gasteiger partial charge is 0.329 e. The summed E-state index contributed by atoms with van der Waals surface area (Å²) in [7, 11) is 0. The first-order chi connectivity index (χ1) is 22.7. The van der Waals surface area contributed by atoms with E-state index in [-0.39, 0.29) is 33.6 Å². The first kappa shape index (κ1) is 34.7. The van der Waals surface area contributed by atoms with E-state index in [1.165, 1.54) is 23.0 Å². The number of nitrogens with zero attached hydrogens (tertiary/aromatic N) is 6. The average Bonchev–Trinajstić information content (AvgIpc) is 3.65. The van der Waals surface area contributed by atoms with Crippen LogP contribution in [0.4, 0.5) is 13.2 Å². The Morgan fingerprint density at radius 2 is 1.75 bits per heavy atom. The van der Waals surface area contributed by atoms with E-state index >= 15 is 0 Å². The molecule has 0 unspecified atom stereocenters. The Bertz CT molecular complexity index is 1850. The molecule has 48 heavy (non-hydrogen) atoms. The van der Waals surface area contributed by atoms with Gasteiger partial charge in [-0.2, -0.15) is 5.10 Å². The number of hydrogen-bond acceptors (Lipinski definition) is 11. The van der Waals surface area contributed by atoms with Crippen molar-refractivity contribution in [3.63, 3.8) is 0 Å². The van der Waals surface area contributed by atoms with E-state index in [0.29, 0.717) is 17.2 Å². The molecule has 1 fully saturated rings. The highest BCUT2D eigenvalue weighted by molar-refractivity contribution is 6.34. The minimum absolute atomic E-state index is 0.0224. The molecule has 0 saturated carbocycles. The third-order valence-corrected chi connectivity index (χ3v) is 7.59. The van der Waals surface area contributed by atoms with Crippen LogP contribution in [0, 0.1) is 24.4 Å². The third-order valence-electron chi connectivity index (χ3n) is 7.04. The fourth-order valence-corrected chi connectivity index (χ4v) is 5.53. The number of aromatic nitrogens is 6. The minimum atomic E-state index is -1.69. The minimum Gasteiger partial charge on any atom is -0.480 e. The van der Waals surface area contributed by atoms with Crippen molar-refractivity contribution in [3.05, 3.63) is 75.7 Å². The van der Waals surface area contributed by atoms with Crippen LogP contribution < -0.4 is 0 Å². The molecule has 5 atom stereocenters. The number of esters is 2. The molecule has 0 radical (unpaired) electrons. The molecule has 4 aromatic rings. The molecule has 0 aliphatic carbocycles. The van der Waals surface area contributed by atoms with E-state index in [9.17, 15) is 32.7 Å². The van der Waals surface area contributed by atoms with Crippen molar-refractivity contribution in [2.75, 3.05) is 13.2 Å². The average molecular weight is 713 g/mol. The predicted molar refractivity (Wildman–Crippen MR) is 158 cm³/mol. The van der Waals surface area contributed by atoms with E-state index in [4.69, 9.17) is 42.1 Å². The summed E-state index contributed by atoms with van der Waals surface area (Å²) in [5, 5.41) is 22.5. The summed E-state index contributed by atoms with van der Waals surface area (Å²) in [4.78, 5) is 40.5. The van der Waals surface area contributed by atoms with Gasteiger partial charge in [0.05, 0.1) is 16.9 Å². The third kappa shape index (κ3) is 7.43. The van der Waals surface area contributed by atoms with Gasteiger partial charge in [-0.1, -0.05) is 28.4 Å². The van der Waals surface area contributed by atoms with E-state index < -0.39 is 79.0 Å². The number of carboxylic acids is 1. The second-order valence-corrected chi connectivity index (χ2v) is 11.3. The zero-order valence-electron chi connectivity index (χ0n) is 25.1. The highest BCUT2D eigenvalue weighted by Crippen LogP contribution is 2.42. The monoisotopic (exact) mass is 712 g/mol. The molecule has 3 heterocycles. The largest absolute Gasteiger partial charge is 0.480 e. The van der Waals surface area contributed by atoms with Crippen molar-refractivity contribution in [3.8, 4) is 16.9 Å². The van der Waals surface area contributed by atoms with Crippen LogP contribution in [-0.4, -0.2) is 84.3 Å². The molecule has 5 rings (SSSR count). The van der Waals surface area contributed by atoms with Gasteiger partial charge >= 0.3 is 17.9 Å². The maximum absolute atomic E-state index is 14.1. The fourth-order valence-electron chi connectivity index (χ4n) is 5.16. The molecule has 1 N–H and O–H groups in total. The SMILES string of the molecule is CC(=O)OC[C@H]1O[C@@H](c2nc(C)nn2-c2cc(Cl)ccc2Cl)[C@H](OCC(=O)O)[C@@H](n2cc(-c3cc(F)c(F)c(F)c3)nn2)[C@H]1OC(C)=O. The number of aryl methyl sites for hydroxylation is 1. The van der Waals surface area contributed by atoms with E-state index in [2.05, 4.69) is 20.4 Å². The maximum atomic E-state index is 14.1. The van der Waals surface area contributed by atoms with Gasteiger partial charge in [-0.05, 0) is 37.3 Å². The number of carbonyl (C=O) groups excluding carboxylic acids is 2. The summed E-state index contributed by atoms with van der Waals surface area (Å²) < 4.78 is 67.4. The van der Waals surface area contributed by atoms with Gasteiger partial charge in [0.2, 0.25) is 0 Å². The van der Waals surface area contributed by atoms with Crippen LogP contribution in [-0.2, 0) is 33.3 Å². The summed E-state index contributed by atoms with van der Waals surface area (Å²) in [5.74, 6) is -7.32. The summed E-state index contributed by atoms with van der Waals surface area (Å²) in [6.07, 6.45) is -4.28. The lowest BCUT2D eigenvalue weighted by molar-refractivity contribution is -0.235. The molecule has 0 spiro atoms. The number of rotatable bonds is 10. The van der Waals surface area contributed by atoms with Crippen LogP contribution in [0.25, 0.3) is 16.9 Å². The molecular weight excluding hydrogens is 688 g/mol. The maximum Gasteiger partial charge on any atom is 0.329 e. The van der Waals surface area contributed by atoms with Crippen molar-refractivity contribution < 1.29 is 51.6 Å². The lowest BCUT2D eigenvalue weighted by atomic mass is 9.91. The second kappa shape index (κ2) is 14.3. The van der Waals surface area contributed by atoms with Crippen LogP contribution >= 0.6 is 23.2 Å². The fraction of sp³-hybridized carbons (Fsp3) is 0.345. The van der Waals surface area contributed by atoms with Crippen LogP contribution in [0.3, 0.4) is 0 Å². The van der Waals surface area contributed by atoms with Gasteiger partial charge in [0.15, 0.2) is 29.4 Å². The van der Waals surface area contributed by atoms with E-state index in [1.807, 2.05) is 0 Å². The van der Waals surface area contributed by atoms with Gasteiger partial charge in [-0.15, -0.1) is 5.10 Å². The second-order valence-electron chi connectivity index (χ2n) is 10.5. The summed E-state index contributed by atoms with van der Waals surface area (Å²) in [5.41, 5.74) is -0.0784. The molecule has 2 aromatic carbocycles. The molecule has 1 aliphatic rings. The Kier molecular flexibility index (Phi) is 10.3. The Morgan fingerprint density at radius 3 is 2.40 bits per heavy atom. The number of aliphatic carboxylic acids is 1. The van der Waals surface area contributed by atoms with E-state index in [1.54, 1.807) is 13.0 Å². The lowest BCUT2D eigenvalue weighted by Crippen LogP contribution is -2.56. The molecule has 1 saturated heterocycles. The van der Waals surface area contributed by atoms with Crippen molar-refractivity contribution >= 4 is 41.1 Å². The molecule has 2 aromatic heterocycles. The van der Waals surface area contributed by atoms with Crippen molar-refractivity contribution in [2.24, 2.45) is 0 Å². The van der Waals surface area contributed by atoms with Gasteiger partial charge in [0, 0.05) is 24.4 Å². The predicted octanol–water partition coefficient (Wildman–Crippen LogP) is 4.20. The molecule has 0 bridgehead atoms. The first-order valence-electron chi connectivity index (χ1n) is 14.0. The number of halogens is 5. The summed E-state index contributed by atoms with van der Waals surface area (Å²) in [6, 6.07) is 4.63. The normalized spacial score (nSPS) is 20.8. The zero-order valence-corrected chi connectivity index (χ0v) is 26.7. The van der Waals surface area contributed by atoms with E-state index in [0.717, 1.165) is 18.5 Å². The van der Waals surface area contributed by atoms with Gasteiger partial charge in [0.1, 0.15) is 49.1 Å². The molecular formula is C29H25Cl2F3N6O8. The zero-order chi connectivity index (χ0) is 34.9. The van der Waals surface area contributed by atoms with Crippen LogP contribution in [0.1, 0.15) is 37.6 Å². The number of carbonyl (C=O) groups is 3. The van der Waals surface area contributed by atoms with Gasteiger partial charge < -0.3 is 24.1 Å². The number of ether oxygens (including phenoxy) is 4. The Labute approximate surface area is 279 Å². The topological polar surface area (TPSA) is 170 Å². The number of hydrogen-bond donors (Lipinski definition) is 1. The summed E-state index contributed by atoms with van der Waals surface area (Å²) in [6.45, 7) is 2.42. The molecule has 19 heteroatoms. The molecule has 0 amide bonds. The number of carboxylic acid groups (broad SMARTS) is 1. The van der Waals surface area contributed by atoms with Gasteiger partial charge in [-0.25, -0.2) is 32.3 Å². The molecule has 1 aliphatic heterocycles. The van der Waals surface area contributed by atoms with Crippen molar-refractivity contribution in [2.45, 2.75) is 51.2 Å². The lowest BCUT2D eigenvalue weighted by Gasteiger charge is -2.45. The Hall–Kier alpha value is -4.58. The standard InChI is InChI=1S/C29H25Cl2F3N6O8/c1-12-35-29(40(37-12)21-8-16(30)4-5-17(21)31)28-27(46-11-23(43)44)25(26(47-14(3)42)22(48-28)10-45-13(2)41)39-9-20(36-38-39)15-6-18(32)24(34)19(33)7-15/h4-9,22,25-28H,10-11H2,1-3H3,(H,43,44)/t22-,25+,26+,27-,28-/m1/s1. The Balaban J connectivity index is 1.71. The quantitative estimate of drug-likeness (QED) is 0.184. The summed E-state index contributed by atoms with van der Waals surface area (Å²) >= 11 is 12.7. The van der Waals surface area contributed by atoms with Crippen molar-refractivity contribution in [1.29, 1.82) is 0 Å². The van der Waals surface area contributed by atoms with Crippen LogP contribution in [0.15, 0.2) is 36.5 Å². The Morgan fingerprint density at radius 1 is 1.04 bits per heavy atom. The first-order valence-corrected chi connectivity index (χ1v) is 14.7. The molecule has 254 valence electrons. The molecule has 14 nitrogen and oxygen atoms in total. The van der Waals surface area contributed by atoms with Crippen molar-refractivity contribution in [1.82, 2.24) is 29.8 Å². The van der Waals surface area contributed by atoms with Gasteiger partial charge in [0.25, 0.3) is 0 Å². The van der Waals surface area contributed by atoms with Crippen LogP contribution in [0.2, 0.25) is 10.0 Å². The number of benzene rings is 2.